The van der Waals surface area contributed by atoms with E-state index in [0.717, 1.165) is 35.8 Å². The molecule has 2 N–H and O–H groups in total. The van der Waals surface area contributed by atoms with Crippen molar-refractivity contribution in [3.63, 3.8) is 0 Å². The minimum atomic E-state index is -0.178. The van der Waals surface area contributed by atoms with Crippen molar-refractivity contribution in [2.75, 3.05) is 11.9 Å². The average molecular weight is 317 g/mol. The van der Waals surface area contributed by atoms with Gasteiger partial charge in [0.15, 0.2) is 0 Å². The predicted molar refractivity (Wildman–Crippen MR) is 92.4 cm³/mol. The average Bonchev–Trinajstić information content (AvgIpc) is 2.83. The van der Waals surface area contributed by atoms with Gasteiger partial charge in [-0.05, 0) is 32.4 Å². The molecule has 1 heterocycles. The molecule has 1 atom stereocenters. The fourth-order valence-corrected chi connectivity index (χ4v) is 3.11. The Kier molecular flexibility index (Phi) is 6.10. The first-order valence-electron chi connectivity index (χ1n) is 7.62. The molecule has 1 aromatic heterocycles. The summed E-state index contributed by atoms with van der Waals surface area (Å²) >= 11 is 1.73. The fraction of sp³-hybridized carbons (Fsp3) is 0.412. The molecular formula is C17H23N3OS. The van der Waals surface area contributed by atoms with E-state index in [-0.39, 0.29) is 11.9 Å². The van der Waals surface area contributed by atoms with Crippen molar-refractivity contribution in [1.82, 2.24) is 10.3 Å². The van der Waals surface area contributed by atoms with Crippen LogP contribution in [0.25, 0.3) is 0 Å². The molecule has 1 amide bonds. The van der Waals surface area contributed by atoms with Crippen LogP contribution in [0.15, 0.2) is 30.3 Å². The molecule has 0 spiro atoms. The summed E-state index contributed by atoms with van der Waals surface area (Å²) in [5.74, 6) is 0.0141. The van der Waals surface area contributed by atoms with E-state index in [1.165, 1.54) is 4.88 Å². The quantitative estimate of drug-likeness (QED) is 0.824. The number of aromatic nitrogens is 1. The number of hydrogen-bond donors (Lipinski definition) is 2. The summed E-state index contributed by atoms with van der Waals surface area (Å²) < 4.78 is 0. The van der Waals surface area contributed by atoms with E-state index < -0.39 is 0 Å². The topological polar surface area (TPSA) is 54.0 Å². The largest absolute Gasteiger partial charge is 0.325 e. The minimum absolute atomic E-state index is 0.0141. The number of anilines is 1. The summed E-state index contributed by atoms with van der Waals surface area (Å²) in [4.78, 5) is 18.0. The van der Waals surface area contributed by atoms with Gasteiger partial charge in [0.1, 0.15) is 0 Å². The van der Waals surface area contributed by atoms with Crippen molar-refractivity contribution >= 4 is 22.9 Å². The van der Waals surface area contributed by atoms with Crippen molar-refractivity contribution in [1.29, 1.82) is 0 Å². The molecule has 2 rings (SSSR count). The van der Waals surface area contributed by atoms with E-state index in [2.05, 4.69) is 22.5 Å². The van der Waals surface area contributed by atoms with E-state index in [1.807, 2.05) is 44.2 Å². The highest BCUT2D eigenvalue weighted by atomic mass is 32.1. The number of carbonyl (C=O) groups is 1. The molecule has 0 saturated carbocycles. The summed E-state index contributed by atoms with van der Waals surface area (Å²) in [6, 6.07) is 9.37. The standard InChI is InChI=1S/C17H23N3OS/c1-4-15(17(21)20-14-8-6-5-7-9-14)18-11-10-16-19-12(2)13(3)22-16/h5-9,15,18H,4,10-11H2,1-3H3,(H,20,21)/t15-/m0/s1. The van der Waals surface area contributed by atoms with Gasteiger partial charge < -0.3 is 10.6 Å². The molecule has 0 aliphatic carbocycles. The van der Waals surface area contributed by atoms with Gasteiger partial charge in [-0.3, -0.25) is 4.79 Å². The van der Waals surface area contributed by atoms with E-state index in [1.54, 1.807) is 11.3 Å². The fourth-order valence-electron chi connectivity index (χ4n) is 2.17. The molecule has 0 aliphatic rings. The Labute approximate surface area is 136 Å². The third kappa shape index (κ3) is 4.64. The Morgan fingerprint density at radius 2 is 2.00 bits per heavy atom. The number of nitrogens with one attached hydrogen (secondary N) is 2. The van der Waals surface area contributed by atoms with Crippen molar-refractivity contribution < 1.29 is 4.79 Å². The lowest BCUT2D eigenvalue weighted by atomic mass is 10.2. The molecule has 118 valence electrons. The normalized spacial score (nSPS) is 12.1. The maximum Gasteiger partial charge on any atom is 0.241 e. The molecule has 0 aliphatic heterocycles. The molecule has 1 aromatic carbocycles. The summed E-state index contributed by atoms with van der Waals surface area (Å²) in [5.41, 5.74) is 1.94. The van der Waals surface area contributed by atoms with Crippen molar-refractivity contribution in [3.8, 4) is 0 Å². The maximum absolute atomic E-state index is 12.3. The van der Waals surface area contributed by atoms with Crippen LogP contribution in [0.3, 0.4) is 0 Å². The van der Waals surface area contributed by atoms with Crippen LogP contribution in [0, 0.1) is 13.8 Å². The van der Waals surface area contributed by atoms with Gasteiger partial charge in [0.25, 0.3) is 0 Å². The monoisotopic (exact) mass is 317 g/mol. The van der Waals surface area contributed by atoms with Crippen LogP contribution >= 0.6 is 11.3 Å². The van der Waals surface area contributed by atoms with Crippen molar-refractivity contribution in [2.24, 2.45) is 0 Å². The Morgan fingerprint density at radius 1 is 1.27 bits per heavy atom. The van der Waals surface area contributed by atoms with Gasteiger partial charge in [-0.25, -0.2) is 4.98 Å². The number of thiazole rings is 1. The maximum atomic E-state index is 12.3. The molecule has 0 saturated heterocycles. The van der Waals surface area contributed by atoms with E-state index >= 15 is 0 Å². The predicted octanol–water partition coefficient (Wildman–Crippen LogP) is 3.31. The lowest BCUT2D eigenvalue weighted by Gasteiger charge is -2.16. The van der Waals surface area contributed by atoms with Crippen LogP contribution < -0.4 is 10.6 Å². The van der Waals surface area contributed by atoms with Crippen LogP contribution in [0.2, 0.25) is 0 Å². The molecule has 22 heavy (non-hydrogen) atoms. The second kappa shape index (κ2) is 8.06. The van der Waals surface area contributed by atoms with Gasteiger partial charge in [0.2, 0.25) is 5.91 Å². The van der Waals surface area contributed by atoms with E-state index in [9.17, 15) is 4.79 Å². The number of nitrogens with zero attached hydrogens (tertiary/aromatic N) is 1. The van der Waals surface area contributed by atoms with Crippen LogP contribution in [0.1, 0.15) is 28.9 Å². The smallest absolute Gasteiger partial charge is 0.241 e. The van der Waals surface area contributed by atoms with Crippen LogP contribution in [0.5, 0.6) is 0 Å². The summed E-state index contributed by atoms with van der Waals surface area (Å²) in [6.45, 7) is 6.89. The summed E-state index contributed by atoms with van der Waals surface area (Å²) in [5, 5.41) is 7.39. The number of benzene rings is 1. The Hall–Kier alpha value is -1.72. The summed E-state index contributed by atoms with van der Waals surface area (Å²) in [7, 11) is 0. The number of amides is 1. The van der Waals surface area contributed by atoms with Gasteiger partial charge in [-0.1, -0.05) is 25.1 Å². The van der Waals surface area contributed by atoms with Crippen molar-refractivity contribution in [3.05, 3.63) is 45.9 Å². The molecule has 4 nitrogen and oxygen atoms in total. The molecule has 0 bridgehead atoms. The molecule has 0 unspecified atom stereocenters. The summed E-state index contributed by atoms with van der Waals surface area (Å²) in [6.07, 6.45) is 1.61. The van der Waals surface area contributed by atoms with Crippen LogP contribution in [0.4, 0.5) is 5.69 Å². The Morgan fingerprint density at radius 3 is 2.59 bits per heavy atom. The van der Waals surface area contributed by atoms with Gasteiger partial charge in [0.05, 0.1) is 16.7 Å². The highest BCUT2D eigenvalue weighted by Gasteiger charge is 2.15. The lowest BCUT2D eigenvalue weighted by molar-refractivity contribution is -0.118. The number of hydrogen-bond acceptors (Lipinski definition) is 4. The first-order chi connectivity index (χ1) is 10.6. The third-order valence-corrected chi connectivity index (χ3v) is 4.70. The SMILES string of the molecule is CC[C@H](NCCc1nc(C)c(C)s1)C(=O)Nc1ccccc1. The zero-order chi connectivity index (χ0) is 15.9. The van der Waals surface area contributed by atoms with Gasteiger partial charge in [0, 0.05) is 23.5 Å². The molecule has 0 radical (unpaired) electrons. The lowest BCUT2D eigenvalue weighted by Crippen LogP contribution is -2.40. The number of para-hydroxylation sites is 1. The molecule has 5 heteroatoms. The van der Waals surface area contributed by atoms with Gasteiger partial charge in [-0.15, -0.1) is 11.3 Å². The highest BCUT2D eigenvalue weighted by Crippen LogP contribution is 2.16. The van der Waals surface area contributed by atoms with E-state index in [4.69, 9.17) is 0 Å². The van der Waals surface area contributed by atoms with E-state index in [0.29, 0.717) is 0 Å². The Bertz CT molecular complexity index is 590. The van der Waals surface area contributed by atoms with Crippen LogP contribution in [-0.2, 0) is 11.2 Å². The highest BCUT2D eigenvalue weighted by molar-refractivity contribution is 7.11. The third-order valence-electron chi connectivity index (χ3n) is 3.57. The van der Waals surface area contributed by atoms with Crippen LogP contribution in [-0.4, -0.2) is 23.5 Å². The Balaban J connectivity index is 1.82. The van der Waals surface area contributed by atoms with Crippen molar-refractivity contribution in [2.45, 2.75) is 39.7 Å². The van der Waals surface area contributed by atoms with Gasteiger partial charge >= 0.3 is 0 Å². The number of carbonyl (C=O) groups excluding carboxylic acids is 1. The zero-order valence-electron chi connectivity index (χ0n) is 13.3. The first kappa shape index (κ1) is 16.6. The molecular weight excluding hydrogens is 294 g/mol. The number of rotatable bonds is 7. The first-order valence-corrected chi connectivity index (χ1v) is 8.44. The second-order valence-electron chi connectivity index (χ2n) is 5.27. The van der Waals surface area contributed by atoms with Gasteiger partial charge in [-0.2, -0.15) is 0 Å². The minimum Gasteiger partial charge on any atom is -0.325 e. The second-order valence-corrected chi connectivity index (χ2v) is 6.56. The zero-order valence-corrected chi connectivity index (χ0v) is 14.2. The molecule has 0 fully saturated rings. The number of aryl methyl sites for hydroxylation is 2. The molecule has 2 aromatic rings.